The maximum Gasteiger partial charge on any atom is 0.269 e. The highest BCUT2D eigenvalue weighted by atomic mass is 32.1. The lowest BCUT2D eigenvalue weighted by Crippen LogP contribution is -2.04. The van der Waals surface area contributed by atoms with Gasteiger partial charge in [0.2, 0.25) is 0 Å². The molecule has 0 radical (unpaired) electrons. The van der Waals surface area contributed by atoms with Crippen LogP contribution >= 0.6 is 11.3 Å². The molecule has 4 aromatic rings. The summed E-state index contributed by atoms with van der Waals surface area (Å²) in [5.41, 5.74) is 1.72. The molecule has 0 unspecified atom stereocenters. The third-order valence-electron chi connectivity index (χ3n) is 4.02. The average Bonchev–Trinajstić information content (AvgIpc) is 3.07. The number of aromatic nitrogens is 3. The molecule has 3 heterocycles. The summed E-state index contributed by atoms with van der Waals surface area (Å²) in [6.07, 6.45) is 3.44. The zero-order valence-corrected chi connectivity index (χ0v) is 15.2. The minimum absolute atomic E-state index is 0.0737. The van der Waals surface area contributed by atoms with Crippen molar-refractivity contribution in [2.75, 3.05) is 5.32 Å². The van der Waals surface area contributed by atoms with Gasteiger partial charge >= 0.3 is 0 Å². The third-order valence-corrected chi connectivity index (χ3v) is 4.96. The number of anilines is 1. The summed E-state index contributed by atoms with van der Waals surface area (Å²) >= 11 is 1.60. The summed E-state index contributed by atoms with van der Waals surface area (Å²) in [6.45, 7) is 2.45. The molecule has 3 aromatic heterocycles. The number of pyridine rings is 1. The van der Waals surface area contributed by atoms with Crippen LogP contribution in [0.1, 0.15) is 10.4 Å². The molecule has 4 rings (SSSR count). The first-order valence-corrected chi connectivity index (χ1v) is 9.07. The Balaban J connectivity index is 1.70. The number of nitrogens with one attached hydrogen (secondary N) is 1. The maximum atomic E-state index is 11.0. The maximum absolute atomic E-state index is 11.0. The van der Waals surface area contributed by atoms with Crippen molar-refractivity contribution in [1.82, 2.24) is 15.0 Å². The molecule has 0 atom stereocenters. The van der Waals surface area contributed by atoms with Crippen LogP contribution in [-0.4, -0.2) is 19.9 Å². The van der Waals surface area contributed by atoms with Crippen LogP contribution < -0.4 is 5.32 Å². The van der Waals surface area contributed by atoms with Crippen molar-refractivity contribution in [2.45, 2.75) is 13.5 Å². The number of nitrogens with zero attached hydrogens (tertiary/aromatic N) is 4. The van der Waals surface area contributed by atoms with Crippen molar-refractivity contribution in [3.63, 3.8) is 0 Å². The van der Waals surface area contributed by atoms with Gasteiger partial charge in [-0.3, -0.25) is 15.1 Å². The van der Waals surface area contributed by atoms with Crippen molar-refractivity contribution in [3.05, 3.63) is 75.4 Å². The van der Waals surface area contributed by atoms with E-state index in [2.05, 4.69) is 20.3 Å². The fourth-order valence-corrected chi connectivity index (χ4v) is 3.65. The minimum atomic E-state index is -0.394. The molecule has 1 aromatic carbocycles. The van der Waals surface area contributed by atoms with E-state index in [-0.39, 0.29) is 5.69 Å². The number of nitro benzene ring substituents is 1. The van der Waals surface area contributed by atoms with Crippen LogP contribution in [0.5, 0.6) is 0 Å². The van der Waals surface area contributed by atoms with Gasteiger partial charge < -0.3 is 5.32 Å². The van der Waals surface area contributed by atoms with Gasteiger partial charge in [0, 0.05) is 41.5 Å². The van der Waals surface area contributed by atoms with Crippen LogP contribution in [-0.2, 0) is 6.54 Å². The van der Waals surface area contributed by atoms with Crippen molar-refractivity contribution < 1.29 is 4.92 Å². The Morgan fingerprint density at radius 2 is 2.07 bits per heavy atom. The zero-order valence-electron chi connectivity index (χ0n) is 14.4. The van der Waals surface area contributed by atoms with Crippen LogP contribution in [0.4, 0.5) is 11.5 Å². The number of hydrogen-bond donors (Lipinski definition) is 1. The average molecular weight is 377 g/mol. The van der Waals surface area contributed by atoms with Crippen LogP contribution in [0.2, 0.25) is 0 Å². The van der Waals surface area contributed by atoms with Gasteiger partial charge in [0.15, 0.2) is 5.82 Å². The Kier molecular flexibility index (Phi) is 4.47. The second-order valence-electron chi connectivity index (χ2n) is 5.99. The number of rotatable bonds is 5. The van der Waals surface area contributed by atoms with Crippen LogP contribution in [0, 0.1) is 17.0 Å². The Morgan fingerprint density at radius 3 is 2.85 bits per heavy atom. The van der Waals surface area contributed by atoms with Gasteiger partial charge in [-0.05, 0) is 30.7 Å². The van der Waals surface area contributed by atoms with E-state index in [0.717, 1.165) is 26.2 Å². The van der Waals surface area contributed by atoms with E-state index in [1.54, 1.807) is 35.9 Å². The molecule has 1 N–H and O–H groups in total. The van der Waals surface area contributed by atoms with Gasteiger partial charge in [0.05, 0.1) is 10.3 Å². The molecule has 0 amide bonds. The number of non-ortho nitro benzene ring substituents is 1. The summed E-state index contributed by atoms with van der Waals surface area (Å²) in [5.74, 6) is 1.30. The van der Waals surface area contributed by atoms with Gasteiger partial charge in [-0.25, -0.2) is 9.97 Å². The number of nitro groups is 1. The standard InChI is InChI=1S/C19H15N5O2S/c1-12-8-16-18(21-10-13-4-2-6-15(9-13)24(25)26)22-17(23-19(16)27-12)14-5-3-7-20-11-14/h2-9,11H,10H2,1H3,(H,21,22,23). The lowest BCUT2D eigenvalue weighted by molar-refractivity contribution is -0.384. The van der Waals surface area contributed by atoms with E-state index < -0.39 is 4.92 Å². The molecule has 0 aliphatic rings. The first-order valence-electron chi connectivity index (χ1n) is 8.26. The Bertz CT molecular complexity index is 1130. The van der Waals surface area contributed by atoms with Crippen molar-refractivity contribution >= 4 is 33.1 Å². The lowest BCUT2D eigenvalue weighted by Gasteiger charge is -2.09. The fourth-order valence-electron chi connectivity index (χ4n) is 2.77. The number of hydrogen-bond acceptors (Lipinski definition) is 7. The van der Waals surface area contributed by atoms with Crippen LogP contribution in [0.3, 0.4) is 0 Å². The topological polar surface area (TPSA) is 93.8 Å². The van der Waals surface area contributed by atoms with E-state index in [4.69, 9.17) is 0 Å². The largest absolute Gasteiger partial charge is 0.365 e. The van der Waals surface area contributed by atoms with E-state index in [1.807, 2.05) is 31.2 Å². The minimum Gasteiger partial charge on any atom is -0.365 e. The molecule has 0 bridgehead atoms. The van der Waals surface area contributed by atoms with E-state index in [0.29, 0.717) is 18.2 Å². The molecule has 0 saturated heterocycles. The van der Waals surface area contributed by atoms with Gasteiger partial charge in [-0.15, -0.1) is 11.3 Å². The number of fused-ring (bicyclic) bond motifs is 1. The summed E-state index contributed by atoms with van der Waals surface area (Å²) < 4.78 is 0. The normalized spacial score (nSPS) is 10.9. The summed E-state index contributed by atoms with van der Waals surface area (Å²) in [7, 11) is 0. The van der Waals surface area contributed by atoms with Crippen molar-refractivity contribution in [2.24, 2.45) is 0 Å². The van der Waals surface area contributed by atoms with Gasteiger partial charge in [0.1, 0.15) is 10.6 Å². The first kappa shape index (κ1) is 17.0. The van der Waals surface area contributed by atoms with E-state index in [9.17, 15) is 10.1 Å². The highest BCUT2D eigenvalue weighted by Gasteiger charge is 2.13. The summed E-state index contributed by atoms with van der Waals surface area (Å²) in [4.78, 5) is 26.1. The SMILES string of the molecule is Cc1cc2c(NCc3cccc([N+](=O)[O-])c3)nc(-c3cccnc3)nc2s1. The molecular formula is C19H15N5O2S. The predicted molar refractivity (Wildman–Crippen MR) is 106 cm³/mol. The Morgan fingerprint density at radius 1 is 1.19 bits per heavy atom. The molecule has 8 heteroatoms. The van der Waals surface area contributed by atoms with Gasteiger partial charge in [-0.2, -0.15) is 0 Å². The number of benzene rings is 1. The Labute approximate surface area is 158 Å². The molecule has 7 nitrogen and oxygen atoms in total. The van der Waals surface area contributed by atoms with Gasteiger partial charge in [-0.1, -0.05) is 12.1 Å². The quantitative estimate of drug-likeness (QED) is 0.404. The molecule has 0 aliphatic heterocycles. The second-order valence-corrected chi connectivity index (χ2v) is 7.23. The molecule has 0 saturated carbocycles. The molecule has 0 fully saturated rings. The van der Waals surface area contributed by atoms with Gasteiger partial charge in [0.25, 0.3) is 5.69 Å². The summed E-state index contributed by atoms with van der Waals surface area (Å²) in [5, 5.41) is 15.2. The third kappa shape index (κ3) is 3.61. The fraction of sp³-hybridized carbons (Fsp3) is 0.105. The van der Waals surface area contributed by atoms with Crippen LogP contribution in [0.25, 0.3) is 21.6 Å². The first-order chi connectivity index (χ1) is 13.1. The molecule has 0 aliphatic carbocycles. The lowest BCUT2D eigenvalue weighted by atomic mass is 10.2. The smallest absolute Gasteiger partial charge is 0.269 e. The van der Waals surface area contributed by atoms with E-state index >= 15 is 0 Å². The van der Waals surface area contributed by atoms with Crippen LogP contribution in [0.15, 0.2) is 54.9 Å². The number of thiophene rings is 1. The molecule has 27 heavy (non-hydrogen) atoms. The molecule has 134 valence electrons. The summed E-state index contributed by atoms with van der Waals surface area (Å²) in [6, 6.07) is 12.4. The highest BCUT2D eigenvalue weighted by molar-refractivity contribution is 7.18. The van der Waals surface area contributed by atoms with Crippen molar-refractivity contribution in [1.29, 1.82) is 0 Å². The highest BCUT2D eigenvalue weighted by Crippen LogP contribution is 2.31. The predicted octanol–water partition coefficient (Wildman–Crippen LogP) is 4.58. The molecular weight excluding hydrogens is 362 g/mol. The second kappa shape index (κ2) is 7.08. The number of aryl methyl sites for hydroxylation is 1. The van der Waals surface area contributed by atoms with E-state index in [1.165, 1.54) is 6.07 Å². The Hall–Kier alpha value is -3.39. The molecule has 0 spiro atoms. The monoisotopic (exact) mass is 377 g/mol. The zero-order chi connectivity index (χ0) is 18.8. The van der Waals surface area contributed by atoms with Crippen molar-refractivity contribution in [3.8, 4) is 11.4 Å².